The van der Waals surface area contributed by atoms with Gasteiger partial charge >= 0.3 is 6.18 Å². The molecule has 0 N–H and O–H groups in total. The number of halogens is 3. The monoisotopic (exact) mass is 402 g/mol. The zero-order valence-electron chi connectivity index (χ0n) is 17.2. The molecule has 0 unspecified atom stereocenters. The second-order valence-electron chi connectivity index (χ2n) is 7.74. The van der Waals surface area contributed by atoms with E-state index in [1.807, 2.05) is 32.9 Å². The number of rotatable bonds is 6. The zero-order chi connectivity index (χ0) is 21.1. The van der Waals surface area contributed by atoms with Crippen molar-refractivity contribution in [2.75, 3.05) is 26.8 Å². The van der Waals surface area contributed by atoms with Gasteiger partial charge in [-0.05, 0) is 57.2 Å². The molecule has 0 aromatic heterocycles. The number of piperidine rings is 1. The first kappa shape index (κ1) is 22.6. The molecule has 0 saturated carbocycles. The van der Waals surface area contributed by atoms with Gasteiger partial charge in [0.1, 0.15) is 0 Å². The molecular weight excluding hydrogens is 373 g/mol. The lowest BCUT2D eigenvalue weighted by Crippen LogP contribution is -2.56. The fourth-order valence-corrected chi connectivity index (χ4v) is 3.73. The maximum Gasteiger partial charge on any atom is 0.414 e. The Bertz CT molecular complexity index is 675. The number of carbonyl (C=O) groups is 1. The summed E-state index contributed by atoms with van der Waals surface area (Å²) >= 11 is 0. The molecule has 0 radical (unpaired) electrons. The Morgan fingerprint density at radius 3 is 2.18 bits per heavy atom. The van der Waals surface area contributed by atoms with E-state index in [9.17, 15) is 18.0 Å². The maximum atomic E-state index is 13.1. The van der Waals surface area contributed by atoms with E-state index in [2.05, 4.69) is 0 Å². The van der Waals surface area contributed by atoms with E-state index < -0.39 is 24.2 Å². The van der Waals surface area contributed by atoms with E-state index in [0.717, 1.165) is 27.3 Å². The largest absolute Gasteiger partial charge is 0.414 e. The number of hydrogen-bond donors (Lipinski definition) is 0. The molecule has 0 spiro atoms. The van der Waals surface area contributed by atoms with Crippen LogP contribution in [-0.4, -0.2) is 54.6 Å². The van der Waals surface area contributed by atoms with Crippen molar-refractivity contribution in [3.05, 3.63) is 34.4 Å². The SMILES string of the molecule is CON1CCC(C)(N(OCC(F)(F)F)C(=O)Cc2c(C)cc(C)cc2C)CC1. The minimum atomic E-state index is -4.52. The molecule has 1 fully saturated rings. The number of carbonyl (C=O) groups excluding carboxylic acids is 1. The summed E-state index contributed by atoms with van der Waals surface area (Å²) in [6.45, 7) is 7.07. The highest BCUT2D eigenvalue weighted by molar-refractivity contribution is 5.79. The average Bonchev–Trinajstić information content (AvgIpc) is 2.57. The topological polar surface area (TPSA) is 42.0 Å². The van der Waals surface area contributed by atoms with Crippen molar-refractivity contribution in [2.24, 2.45) is 0 Å². The molecule has 5 nitrogen and oxygen atoms in total. The minimum absolute atomic E-state index is 0.000609. The Labute approximate surface area is 164 Å². The van der Waals surface area contributed by atoms with Gasteiger partial charge in [-0.3, -0.25) is 9.63 Å². The van der Waals surface area contributed by atoms with E-state index >= 15 is 0 Å². The quantitative estimate of drug-likeness (QED) is 0.677. The Balaban J connectivity index is 2.24. The van der Waals surface area contributed by atoms with Crippen LogP contribution in [0.5, 0.6) is 0 Å². The summed E-state index contributed by atoms with van der Waals surface area (Å²) in [7, 11) is 1.55. The van der Waals surface area contributed by atoms with Crippen molar-refractivity contribution >= 4 is 5.91 Å². The van der Waals surface area contributed by atoms with Gasteiger partial charge in [-0.15, -0.1) is 0 Å². The smallest absolute Gasteiger partial charge is 0.302 e. The molecule has 1 aliphatic heterocycles. The highest BCUT2D eigenvalue weighted by Crippen LogP contribution is 2.31. The maximum absolute atomic E-state index is 13.1. The number of benzene rings is 1. The summed E-state index contributed by atoms with van der Waals surface area (Å²) in [4.78, 5) is 23.3. The summed E-state index contributed by atoms with van der Waals surface area (Å²) in [5.74, 6) is -0.465. The molecule has 2 rings (SSSR count). The van der Waals surface area contributed by atoms with Crippen molar-refractivity contribution in [3.8, 4) is 0 Å². The number of nitrogens with zero attached hydrogens (tertiary/aromatic N) is 2. The Kier molecular flexibility index (Phi) is 7.12. The first-order valence-corrected chi connectivity index (χ1v) is 9.34. The van der Waals surface area contributed by atoms with E-state index in [-0.39, 0.29) is 6.42 Å². The van der Waals surface area contributed by atoms with Gasteiger partial charge in [0, 0.05) is 13.1 Å². The number of aryl methyl sites for hydroxylation is 3. The Morgan fingerprint density at radius 2 is 1.71 bits per heavy atom. The van der Waals surface area contributed by atoms with Crippen LogP contribution in [0.25, 0.3) is 0 Å². The fraction of sp³-hybridized carbons (Fsp3) is 0.650. The molecule has 8 heteroatoms. The van der Waals surface area contributed by atoms with Crippen LogP contribution < -0.4 is 0 Å². The molecular formula is C20H29F3N2O3. The lowest BCUT2D eigenvalue weighted by atomic mass is 9.89. The van der Waals surface area contributed by atoms with E-state index in [4.69, 9.17) is 9.68 Å². The predicted molar refractivity (Wildman–Crippen MR) is 99.4 cm³/mol. The van der Waals surface area contributed by atoms with Crippen molar-refractivity contribution in [1.82, 2.24) is 10.1 Å². The third-order valence-corrected chi connectivity index (χ3v) is 5.30. The van der Waals surface area contributed by atoms with E-state index in [1.54, 1.807) is 19.1 Å². The molecule has 0 bridgehead atoms. The van der Waals surface area contributed by atoms with Gasteiger partial charge < -0.3 is 4.84 Å². The lowest BCUT2D eigenvalue weighted by molar-refractivity contribution is -0.281. The highest BCUT2D eigenvalue weighted by atomic mass is 19.4. The predicted octanol–water partition coefficient (Wildman–Crippen LogP) is 3.89. The molecule has 1 aromatic carbocycles. The van der Waals surface area contributed by atoms with Gasteiger partial charge in [-0.2, -0.15) is 18.2 Å². The van der Waals surface area contributed by atoms with Crippen LogP contribution in [-0.2, 0) is 20.9 Å². The van der Waals surface area contributed by atoms with Crippen molar-refractivity contribution in [2.45, 2.75) is 58.7 Å². The molecule has 1 amide bonds. The zero-order valence-corrected chi connectivity index (χ0v) is 17.2. The average molecular weight is 402 g/mol. The highest BCUT2D eigenvalue weighted by Gasteiger charge is 2.42. The van der Waals surface area contributed by atoms with Crippen LogP contribution >= 0.6 is 0 Å². The number of alkyl halides is 3. The number of hydrogen-bond acceptors (Lipinski definition) is 4. The van der Waals surface area contributed by atoms with Gasteiger partial charge in [0.15, 0.2) is 6.61 Å². The van der Waals surface area contributed by atoms with Gasteiger partial charge in [0.05, 0.1) is 19.1 Å². The molecule has 1 saturated heterocycles. The lowest BCUT2D eigenvalue weighted by Gasteiger charge is -2.45. The van der Waals surface area contributed by atoms with Crippen LogP contribution in [0.4, 0.5) is 13.2 Å². The van der Waals surface area contributed by atoms with Crippen molar-refractivity contribution in [1.29, 1.82) is 0 Å². The molecule has 0 aliphatic carbocycles. The molecule has 1 aliphatic rings. The minimum Gasteiger partial charge on any atom is -0.302 e. The van der Waals surface area contributed by atoms with Crippen LogP contribution in [0.2, 0.25) is 0 Å². The second kappa shape index (κ2) is 8.80. The van der Waals surface area contributed by atoms with E-state index in [1.165, 1.54) is 0 Å². The second-order valence-corrected chi connectivity index (χ2v) is 7.74. The van der Waals surface area contributed by atoms with Gasteiger partial charge in [-0.1, -0.05) is 17.7 Å². The molecule has 158 valence electrons. The van der Waals surface area contributed by atoms with Crippen LogP contribution in [0, 0.1) is 20.8 Å². The molecule has 1 aromatic rings. The summed E-state index contributed by atoms with van der Waals surface area (Å²) < 4.78 is 38.4. The van der Waals surface area contributed by atoms with Gasteiger partial charge in [0.25, 0.3) is 5.91 Å². The normalized spacial score (nSPS) is 17.6. The van der Waals surface area contributed by atoms with Crippen molar-refractivity contribution < 1.29 is 27.6 Å². The third-order valence-electron chi connectivity index (χ3n) is 5.30. The van der Waals surface area contributed by atoms with Crippen LogP contribution in [0.1, 0.15) is 42.0 Å². The third kappa shape index (κ3) is 5.68. The first-order chi connectivity index (χ1) is 12.9. The molecule has 1 heterocycles. The van der Waals surface area contributed by atoms with Gasteiger partial charge in [0.2, 0.25) is 0 Å². The van der Waals surface area contributed by atoms with Crippen molar-refractivity contribution in [3.63, 3.8) is 0 Å². The molecule has 28 heavy (non-hydrogen) atoms. The Morgan fingerprint density at radius 1 is 1.18 bits per heavy atom. The van der Waals surface area contributed by atoms with Crippen LogP contribution in [0.15, 0.2) is 12.1 Å². The van der Waals surface area contributed by atoms with Crippen LogP contribution in [0.3, 0.4) is 0 Å². The summed E-state index contributed by atoms with van der Waals surface area (Å²) in [6, 6.07) is 3.94. The standard InChI is InChI=1S/C20H29F3N2O3/c1-14-10-15(2)17(16(3)11-14)12-18(26)25(28-13-20(21,22)23)19(4)6-8-24(27-5)9-7-19/h10-11H,6-9,12-13H2,1-5H3. The first-order valence-electron chi connectivity index (χ1n) is 9.34. The fourth-order valence-electron chi connectivity index (χ4n) is 3.73. The molecule has 0 atom stereocenters. The van der Waals surface area contributed by atoms with Gasteiger partial charge in [-0.25, -0.2) is 5.06 Å². The summed E-state index contributed by atoms with van der Waals surface area (Å²) in [5, 5.41) is 2.69. The van der Waals surface area contributed by atoms with E-state index in [0.29, 0.717) is 25.9 Å². The summed E-state index contributed by atoms with van der Waals surface area (Å²) in [6.07, 6.45) is -3.61. The summed E-state index contributed by atoms with van der Waals surface area (Å²) in [5.41, 5.74) is 2.97. The number of amides is 1. The number of hydroxylamine groups is 4. The Hall–Kier alpha value is -1.64.